The highest BCUT2D eigenvalue weighted by Gasteiger charge is 1.99. The van der Waals surface area contributed by atoms with E-state index < -0.39 is 0 Å². The number of aromatic nitrogens is 2. The number of nitrogens with one attached hydrogen (secondary N) is 1. The van der Waals surface area contributed by atoms with Gasteiger partial charge in [-0.3, -0.25) is 0 Å². The Morgan fingerprint density at radius 1 is 1.14 bits per heavy atom. The molecule has 106 valence electrons. The predicted octanol–water partition coefficient (Wildman–Crippen LogP) is 4.56. The molecule has 0 radical (unpaired) electrons. The minimum atomic E-state index is 0.801. The summed E-state index contributed by atoms with van der Waals surface area (Å²) < 4.78 is 2.95. The van der Waals surface area contributed by atoms with Gasteiger partial charge < -0.3 is 5.32 Å². The Hall–Kier alpha value is -2.07. The molecule has 2 aromatic carbocycles. The molecule has 0 aliphatic rings. The third kappa shape index (κ3) is 3.52. The molecule has 1 aromatic heterocycles. The minimum Gasteiger partial charge on any atom is -0.381 e. The number of hydrogen-bond acceptors (Lipinski definition) is 2. The Balaban J connectivity index is 1.68. The van der Waals surface area contributed by atoms with Gasteiger partial charge in [-0.2, -0.15) is 5.10 Å². The lowest BCUT2D eigenvalue weighted by atomic mass is 10.2. The Kier molecular flexibility index (Phi) is 4.06. The Bertz CT molecular complexity index is 698. The van der Waals surface area contributed by atoms with E-state index in [2.05, 4.69) is 75.7 Å². The van der Waals surface area contributed by atoms with Crippen LogP contribution in [0.4, 0.5) is 5.69 Å². The van der Waals surface area contributed by atoms with Crippen molar-refractivity contribution in [2.45, 2.75) is 13.5 Å². The van der Waals surface area contributed by atoms with Gasteiger partial charge in [0.05, 0.1) is 5.69 Å². The Morgan fingerprint density at radius 2 is 1.95 bits per heavy atom. The number of nitrogens with zero attached hydrogens (tertiary/aromatic N) is 2. The summed E-state index contributed by atoms with van der Waals surface area (Å²) in [6.45, 7) is 2.89. The second-order valence-corrected chi connectivity index (χ2v) is 5.90. The van der Waals surface area contributed by atoms with E-state index in [4.69, 9.17) is 0 Å². The van der Waals surface area contributed by atoms with E-state index in [1.807, 2.05) is 16.9 Å². The van der Waals surface area contributed by atoms with Crippen molar-refractivity contribution in [1.29, 1.82) is 0 Å². The molecule has 0 saturated heterocycles. The van der Waals surface area contributed by atoms with Crippen molar-refractivity contribution in [1.82, 2.24) is 9.78 Å². The minimum absolute atomic E-state index is 0.801. The monoisotopic (exact) mass is 341 g/mol. The van der Waals surface area contributed by atoms with Crippen LogP contribution >= 0.6 is 15.9 Å². The summed E-state index contributed by atoms with van der Waals surface area (Å²) in [7, 11) is 0. The molecule has 1 N–H and O–H groups in total. The van der Waals surface area contributed by atoms with Crippen LogP contribution in [0.3, 0.4) is 0 Å². The summed E-state index contributed by atoms with van der Waals surface area (Å²) in [5.41, 5.74) is 4.67. The molecule has 3 aromatic rings. The molecular weight excluding hydrogens is 326 g/mol. The largest absolute Gasteiger partial charge is 0.381 e. The van der Waals surface area contributed by atoms with E-state index in [0.29, 0.717) is 0 Å². The molecule has 3 nitrogen and oxygen atoms in total. The number of hydrogen-bond donors (Lipinski definition) is 1. The average Bonchev–Trinajstić information content (AvgIpc) is 2.99. The lowest BCUT2D eigenvalue weighted by Crippen LogP contribution is -2.00. The maximum atomic E-state index is 4.22. The van der Waals surface area contributed by atoms with Crippen LogP contribution in [0.2, 0.25) is 0 Å². The summed E-state index contributed by atoms with van der Waals surface area (Å²) >= 11 is 3.52. The molecule has 0 aliphatic carbocycles. The SMILES string of the molecule is Cc1cc(Br)cc(NCc2ccc(-n3cccn3)cc2)c1. The molecule has 0 saturated carbocycles. The van der Waals surface area contributed by atoms with Crippen LogP contribution in [0, 0.1) is 6.92 Å². The van der Waals surface area contributed by atoms with Crippen molar-refractivity contribution in [2.75, 3.05) is 5.32 Å². The first-order chi connectivity index (χ1) is 10.2. The third-order valence-electron chi connectivity index (χ3n) is 3.24. The Morgan fingerprint density at radius 3 is 2.62 bits per heavy atom. The smallest absolute Gasteiger partial charge is 0.0645 e. The molecule has 4 heteroatoms. The van der Waals surface area contributed by atoms with Gasteiger partial charge in [-0.25, -0.2) is 4.68 Å². The standard InChI is InChI=1S/C17H16BrN3/c1-13-9-15(18)11-16(10-13)19-12-14-3-5-17(6-4-14)21-8-2-7-20-21/h2-11,19H,12H2,1H3. The number of rotatable bonds is 4. The van der Waals surface area contributed by atoms with Crippen LogP contribution in [0.15, 0.2) is 65.4 Å². The first-order valence-electron chi connectivity index (χ1n) is 6.81. The maximum absolute atomic E-state index is 4.22. The van der Waals surface area contributed by atoms with Gasteiger partial charge in [0.1, 0.15) is 0 Å². The fourth-order valence-electron chi connectivity index (χ4n) is 2.23. The van der Waals surface area contributed by atoms with Gasteiger partial charge in [0.15, 0.2) is 0 Å². The third-order valence-corrected chi connectivity index (χ3v) is 3.70. The molecular formula is C17H16BrN3. The van der Waals surface area contributed by atoms with E-state index in [1.54, 1.807) is 6.20 Å². The number of benzene rings is 2. The van der Waals surface area contributed by atoms with Crippen molar-refractivity contribution in [3.63, 3.8) is 0 Å². The zero-order chi connectivity index (χ0) is 14.7. The molecule has 0 atom stereocenters. The normalized spacial score (nSPS) is 10.6. The lowest BCUT2D eigenvalue weighted by molar-refractivity contribution is 0.879. The van der Waals surface area contributed by atoms with Crippen LogP contribution in [0.25, 0.3) is 5.69 Å². The zero-order valence-corrected chi connectivity index (χ0v) is 13.3. The molecule has 3 rings (SSSR count). The highest BCUT2D eigenvalue weighted by atomic mass is 79.9. The van der Waals surface area contributed by atoms with Crippen molar-refractivity contribution in [3.05, 3.63) is 76.5 Å². The summed E-state index contributed by atoms with van der Waals surface area (Å²) in [5.74, 6) is 0. The van der Waals surface area contributed by atoms with Gasteiger partial charge in [0.25, 0.3) is 0 Å². The topological polar surface area (TPSA) is 29.9 Å². The molecule has 0 unspecified atom stereocenters. The average molecular weight is 342 g/mol. The zero-order valence-electron chi connectivity index (χ0n) is 11.8. The van der Waals surface area contributed by atoms with Crippen LogP contribution in [-0.2, 0) is 6.54 Å². The summed E-state index contributed by atoms with van der Waals surface area (Å²) in [6, 6.07) is 16.7. The number of anilines is 1. The van der Waals surface area contributed by atoms with Crippen molar-refractivity contribution < 1.29 is 0 Å². The highest BCUT2D eigenvalue weighted by molar-refractivity contribution is 9.10. The molecule has 0 fully saturated rings. The Labute approximate surface area is 132 Å². The lowest BCUT2D eigenvalue weighted by Gasteiger charge is -2.09. The molecule has 0 aliphatic heterocycles. The summed E-state index contributed by atoms with van der Waals surface area (Å²) in [5, 5.41) is 7.67. The second kappa shape index (κ2) is 6.14. The number of halogens is 1. The molecule has 21 heavy (non-hydrogen) atoms. The maximum Gasteiger partial charge on any atom is 0.0645 e. The van der Waals surface area contributed by atoms with Gasteiger partial charge in [0, 0.05) is 29.1 Å². The van der Waals surface area contributed by atoms with Crippen LogP contribution < -0.4 is 5.32 Å². The van der Waals surface area contributed by atoms with Gasteiger partial charge in [-0.15, -0.1) is 0 Å². The van der Waals surface area contributed by atoms with Crippen LogP contribution in [0.1, 0.15) is 11.1 Å². The van der Waals surface area contributed by atoms with E-state index >= 15 is 0 Å². The molecule has 0 bridgehead atoms. The van der Waals surface area contributed by atoms with Crippen molar-refractivity contribution in [2.24, 2.45) is 0 Å². The van der Waals surface area contributed by atoms with E-state index in [1.165, 1.54) is 11.1 Å². The van der Waals surface area contributed by atoms with Crippen LogP contribution in [-0.4, -0.2) is 9.78 Å². The number of aryl methyl sites for hydroxylation is 1. The van der Waals surface area contributed by atoms with Gasteiger partial charge in [-0.05, 0) is 54.4 Å². The summed E-state index contributed by atoms with van der Waals surface area (Å²) in [6.07, 6.45) is 3.72. The van der Waals surface area contributed by atoms with Gasteiger partial charge in [0.2, 0.25) is 0 Å². The first kappa shape index (κ1) is 13.9. The highest BCUT2D eigenvalue weighted by Crippen LogP contribution is 2.20. The van der Waals surface area contributed by atoms with Crippen molar-refractivity contribution >= 4 is 21.6 Å². The second-order valence-electron chi connectivity index (χ2n) is 4.99. The predicted molar refractivity (Wildman–Crippen MR) is 89.8 cm³/mol. The van der Waals surface area contributed by atoms with Gasteiger partial charge in [-0.1, -0.05) is 28.1 Å². The van der Waals surface area contributed by atoms with E-state index in [-0.39, 0.29) is 0 Å². The quantitative estimate of drug-likeness (QED) is 0.754. The van der Waals surface area contributed by atoms with Gasteiger partial charge >= 0.3 is 0 Å². The van der Waals surface area contributed by atoms with E-state index in [0.717, 1.165) is 22.4 Å². The fourth-order valence-corrected chi connectivity index (χ4v) is 2.84. The van der Waals surface area contributed by atoms with Crippen LogP contribution in [0.5, 0.6) is 0 Å². The fraction of sp³-hybridized carbons (Fsp3) is 0.118. The molecule has 1 heterocycles. The van der Waals surface area contributed by atoms with E-state index in [9.17, 15) is 0 Å². The molecule has 0 spiro atoms. The van der Waals surface area contributed by atoms with Crippen molar-refractivity contribution in [3.8, 4) is 5.69 Å². The first-order valence-corrected chi connectivity index (χ1v) is 7.60. The summed E-state index contributed by atoms with van der Waals surface area (Å²) in [4.78, 5) is 0. The molecule has 0 amide bonds.